The second kappa shape index (κ2) is 8.91. The van der Waals surface area contributed by atoms with E-state index in [2.05, 4.69) is 4.74 Å². The molecule has 0 amide bonds. The molecule has 1 N–H and O–H groups in total. The molecule has 0 fully saturated rings. The summed E-state index contributed by atoms with van der Waals surface area (Å²) in [7, 11) is -4.59. The minimum Gasteiger partial charge on any atom is -0.455 e. The van der Waals surface area contributed by atoms with E-state index in [1.165, 1.54) is 0 Å². The molecule has 0 aliphatic carbocycles. The highest BCUT2D eigenvalue weighted by atomic mass is 35.5. The highest BCUT2D eigenvalue weighted by Gasteiger charge is 2.42. The molecular formula is C17H11ClF7NO4S. The van der Waals surface area contributed by atoms with Gasteiger partial charge in [0.05, 0.1) is 26.7 Å². The van der Waals surface area contributed by atoms with Gasteiger partial charge in [-0.3, -0.25) is 4.72 Å². The number of ether oxygens (including phenoxy) is 1. The van der Waals surface area contributed by atoms with Crippen LogP contribution in [0.1, 0.15) is 15.9 Å². The smallest absolute Gasteiger partial charge is 0.416 e. The summed E-state index contributed by atoms with van der Waals surface area (Å²) in [4.78, 5) is 11.1. The second-order valence-corrected chi connectivity index (χ2v) is 8.05. The van der Waals surface area contributed by atoms with E-state index < -0.39 is 62.8 Å². The number of hydrogen-bond donors (Lipinski definition) is 1. The summed E-state index contributed by atoms with van der Waals surface area (Å²) in [6.07, 6.45) is -8.87. The van der Waals surface area contributed by atoms with Crippen molar-refractivity contribution in [3.63, 3.8) is 0 Å². The van der Waals surface area contributed by atoms with Crippen LogP contribution in [0.25, 0.3) is 0 Å². The zero-order valence-corrected chi connectivity index (χ0v) is 16.5. The van der Waals surface area contributed by atoms with Gasteiger partial charge in [0.25, 0.3) is 10.0 Å². The van der Waals surface area contributed by atoms with Crippen LogP contribution in [0.15, 0.2) is 47.4 Å². The first-order chi connectivity index (χ1) is 14.1. The number of hydrogen-bond acceptors (Lipinski definition) is 4. The van der Waals surface area contributed by atoms with Gasteiger partial charge in [-0.1, -0.05) is 17.7 Å². The van der Waals surface area contributed by atoms with Crippen molar-refractivity contribution in [3.05, 3.63) is 58.6 Å². The molecule has 5 nitrogen and oxygen atoms in total. The van der Waals surface area contributed by atoms with Crippen LogP contribution in [0.5, 0.6) is 0 Å². The molecule has 0 aromatic heterocycles. The van der Waals surface area contributed by atoms with E-state index in [0.29, 0.717) is 18.2 Å². The molecular weight excluding hydrogens is 483 g/mol. The van der Waals surface area contributed by atoms with Crippen molar-refractivity contribution in [1.29, 1.82) is 0 Å². The first kappa shape index (κ1) is 24.7. The third-order valence-corrected chi connectivity index (χ3v) is 5.33. The summed E-state index contributed by atoms with van der Waals surface area (Å²) in [5.74, 6) is -6.13. The fraction of sp³-hybridized carbons (Fsp3) is 0.235. The Labute approximate surface area is 175 Å². The fourth-order valence-electron chi connectivity index (χ4n) is 2.08. The Morgan fingerprint density at radius 2 is 1.71 bits per heavy atom. The van der Waals surface area contributed by atoms with Crippen LogP contribution in [-0.4, -0.2) is 33.3 Å². The minimum absolute atomic E-state index is 0.360. The van der Waals surface area contributed by atoms with Gasteiger partial charge < -0.3 is 4.74 Å². The van der Waals surface area contributed by atoms with Crippen LogP contribution in [-0.2, 0) is 20.9 Å². The molecule has 0 bridgehead atoms. The van der Waals surface area contributed by atoms with E-state index in [1.54, 1.807) is 0 Å². The van der Waals surface area contributed by atoms with Gasteiger partial charge in [-0.15, -0.1) is 0 Å². The average molecular weight is 494 g/mol. The van der Waals surface area contributed by atoms with E-state index >= 15 is 0 Å². The Morgan fingerprint density at radius 1 is 1.06 bits per heavy atom. The van der Waals surface area contributed by atoms with Crippen molar-refractivity contribution >= 4 is 33.3 Å². The fourth-order valence-corrected chi connectivity index (χ4v) is 3.42. The number of rotatable bonds is 7. The van der Waals surface area contributed by atoms with Gasteiger partial charge >= 0.3 is 24.5 Å². The first-order valence-corrected chi connectivity index (χ1v) is 9.82. The summed E-state index contributed by atoms with van der Waals surface area (Å²) in [6, 6.07) is 5.46. The number of carbonyl (C=O) groups excluding carboxylic acids is 1. The molecule has 2 aromatic rings. The topological polar surface area (TPSA) is 72.5 Å². The van der Waals surface area contributed by atoms with Crippen LogP contribution in [0.4, 0.5) is 36.4 Å². The van der Waals surface area contributed by atoms with Crippen molar-refractivity contribution in [2.45, 2.75) is 23.4 Å². The Bertz CT molecular complexity index is 1070. The van der Waals surface area contributed by atoms with Crippen LogP contribution in [0, 0.1) is 0 Å². The molecule has 2 rings (SSSR count). The predicted octanol–water partition coefficient (Wildman–Crippen LogP) is 5.22. The molecule has 0 aliphatic heterocycles. The molecule has 0 spiro atoms. The number of carbonyl (C=O) groups is 1. The van der Waals surface area contributed by atoms with Gasteiger partial charge in [-0.05, 0) is 36.4 Å². The quantitative estimate of drug-likeness (QED) is 0.424. The lowest BCUT2D eigenvalue weighted by Gasteiger charge is -2.15. The third kappa shape index (κ3) is 6.23. The summed E-state index contributed by atoms with van der Waals surface area (Å²) in [6.45, 7) is -1.95. The van der Waals surface area contributed by atoms with E-state index in [1.807, 2.05) is 4.72 Å². The third-order valence-electron chi connectivity index (χ3n) is 3.63. The van der Waals surface area contributed by atoms with Crippen molar-refractivity contribution in [2.75, 3.05) is 11.3 Å². The van der Waals surface area contributed by atoms with Gasteiger partial charge in [0, 0.05) is 0 Å². The summed E-state index contributed by atoms with van der Waals surface area (Å²) >= 11 is 5.73. The molecule has 0 atom stereocenters. The van der Waals surface area contributed by atoms with Gasteiger partial charge in [0.15, 0.2) is 6.61 Å². The molecule has 31 heavy (non-hydrogen) atoms. The number of sulfonamides is 1. The van der Waals surface area contributed by atoms with Gasteiger partial charge in [-0.2, -0.15) is 22.0 Å². The molecule has 0 saturated carbocycles. The number of esters is 1. The summed E-state index contributed by atoms with van der Waals surface area (Å²) < 4.78 is 119. The van der Waals surface area contributed by atoms with Gasteiger partial charge in [0.1, 0.15) is 0 Å². The lowest BCUT2D eigenvalue weighted by Crippen LogP contribution is -2.33. The van der Waals surface area contributed by atoms with E-state index in [-0.39, 0.29) is 5.02 Å². The van der Waals surface area contributed by atoms with Gasteiger partial charge in [-0.25, -0.2) is 22.0 Å². The largest absolute Gasteiger partial charge is 0.455 e. The van der Waals surface area contributed by atoms with Crippen molar-refractivity contribution in [2.24, 2.45) is 0 Å². The SMILES string of the molecule is O=C(OCC(F)(F)C(F)F)c1cccc(S(=O)(=O)Nc2cc(C(F)(F)F)ccc2Cl)c1. The maximum Gasteiger partial charge on any atom is 0.416 e. The van der Waals surface area contributed by atoms with E-state index in [9.17, 15) is 43.9 Å². The second-order valence-electron chi connectivity index (χ2n) is 5.96. The summed E-state index contributed by atoms with van der Waals surface area (Å²) in [5, 5.41) is -0.360. The van der Waals surface area contributed by atoms with Crippen LogP contribution in [0.3, 0.4) is 0 Å². The lowest BCUT2D eigenvalue weighted by molar-refractivity contribution is -0.155. The minimum atomic E-state index is -4.78. The number of anilines is 1. The Balaban J connectivity index is 2.27. The number of halogens is 8. The van der Waals surface area contributed by atoms with Crippen molar-refractivity contribution in [3.8, 4) is 0 Å². The molecule has 14 heteroatoms. The molecule has 0 radical (unpaired) electrons. The zero-order chi connectivity index (χ0) is 23.6. The number of nitrogens with one attached hydrogen (secondary N) is 1. The predicted molar refractivity (Wildman–Crippen MR) is 94.9 cm³/mol. The molecule has 2 aromatic carbocycles. The Morgan fingerprint density at radius 3 is 2.29 bits per heavy atom. The normalized spacial score (nSPS) is 12.7. The van der Waals surface area contributed by atoms with Crippen LogP contribution in [0.2, 0.25) is 5.02 Å². The van der Waals surface area contributed by atoms with Crippen molar-refractivity contribution in [1.82, 2.24) is 0 Å². The van der Waals surface area contributed by atoms with Crippen LogP contribution >= 0.6 is 11.6 Å². The monoisotopic (exact) mass is 493 g/mol. The maximum atomic E-state index is 12.9. The highest BCUT2D eigenvalue weighted by Crippen LogP contribution is 2.34. The average Bonchev–Trinajstić information content (AvgIpc) is 2.67. The van der Waals surface area contributed by atoms with Gasteiger partial charge in [0.2, 0.25) is 0 Å². The maximum absolute atomic E-state index is 12.9. The Kier molecular flexibility index (Phi) is 7.10. The molecule has 0 aliphatic rings. The van der Waals surface area contributed by atoms with E-state index in [0.717, 1.165) is 24.3 Å². The summed E-state index contributed by atoms with van der Waals surface area (Å²) in [5.41, 5.74) is -2.38. The molecule has 0 unspecified atom stereocenters. The zero-order valence-electron chi connectivity index (χ0n) is 14.9. The number of alkyl halides is 7. The number of benzene rings is 2. The standard InChI is InChI=1S/C17H11ClF7NO4S/c18-12-5-4-10(17(23,24)25)7-13(12)26-31(28,29)11-3-1-2-9(6-11)14(27)30-8-16(21,22)15(19)20/h1-7,15,26H,8H2. The molecule has 170 valence electrons. The van der Waals surface area contributed by atoms with Crippen LogP contribution < -0.4 is 4.72 Å². The highest BCUT2D eigenvalue weighted by molar-refractivity contribution is 7.92. The van der Waals surface area contributed by atoms with Crippen molar-refractivity contribution < 1.29 is 48.7 Å². The Hall–Kier alpha value is -2.54. The lowest BCUT2D eigenvalue weighted by atomic mass is 10.2. The molecule has 0 saturated heterocycles. The first-order valence-electron chi connectivity index (χ1n) is 7.96. The molecule has 0 heterocycles. The van der Waals surface area contributed by atoms with E-state index in [4.69, 9.17) is 11.6 Å².